The second kappa shape index (κ2) is 4.95. The maximum absolute atomic E-state index is 13.8. The van der Waals surface area contributed by atoms with Crippen molar-refractivity contribution in [3.05, 3.63) is 29.6 Å². The minimum atomic E-state index is -3.71. The topological polar surface area (TPSA) is 49.4 Å². The van der Waals surface area contributed by atoms with Gasteiger partial charge in [0.15, 0.2) is 0 Å². The van der Waals surface area contributed by atoms with Crippen molar-refractivity contribution in [1.82, 2.24) is 9.62 Å². The van der Waals surface area contributed by atoms with Crippen LogP contribution in [0.15, 0.2) is 23.1 Å². The zero-order valence-electron chi connectivity index (χ0n) is 10.5. The normalized spacial score (nSPS) is 16.2. The van der Waals surface area contributed by atoms with E-state index < -0.39 is 15.8 Å². The van der Waals surface area contributed by atoms with Gasteiger partial charge in [-0.1, -0.05) is 6.07 Å². The van der Waals surface area contributed by atoms with Gasteiger partial charge in [0.1, 0.15) is 10.7 Å². The first-order chi connectivity index (χ1) is 8.41. The Morgan fingerprint density at radius 2 is 2.06 bits per heavy atom. The third-order valence-corrected chi connectivity index (χ3v) is 4.78. The number of hydrogen-bond acceptors (Lipinski definition) is 3. The van der Waals surface area contributed by atoms with Gasteiger partial charge >= 0.3 is 0 Å². The molecule has 0 unspecified atom stereocenters. The summed E-state index contributed by atoms with van der Waals surface area (Å²) in [6, 6.07) is 4.80. The van der Waals surface area contributed by atoms with Crippen molar-refractivity contribution in [3.63, 3.8) is 0 Å². The van der Waals surface area contributed by atoms with Crippen LogP contribution in [0.2, 0.25) is 0 Å². The number of hydrogen-bond donors (Lipinski definition) is 1. The predicted molar refractivity (Wildman–Crippen MR) is 67.1 cm³/mol. The molecule has 1 fully saturated rings. The lowest BCUT2D eigenvalue weighted by atomic mass is 10.2. The standard InChI is InChI=1S/C12H17FN2O2S/c1-15(2)18(16,17)12-6-3-9(7-11(12)13)8-14-10-4-5-10/h3,6-7,10,14H,4-5,8H2,1-2H3. The molecule has 1 aromatic rings. The van der Waals surface area contributed by atoms with Gasteiger partial charge in [-0.15, -0.1) is 0 Å². The molecule has 1 aliphatic carbocycles. The SMILES string of the molecule is CN(C)S(=O)(=O)c1ccc(CNC2CC2)cc1F. The van der Waals surface area contributed by atoms with Crippen LogP contribution in [0.3, 0.4) is 0 Å². The highest BCUT2D eigenvalue weighted by Crippen LogP contribution is 2.21. The predicted octanol–water partition coefficient (Wildman–Crippen LogP) is 1.33. The van der Waals surface area contributed by atoms with Gasteiger partial charge in [-0.2, -0.15) is 0 Å². The van der Waals surface area contributed by atoms with Gasteiger partial charge < -0.3 is 5.32 Å². The van der Waals surface area contributed by atoms with Crippen LogP contribution in [0, 0.1) is 5.82 Å². The first-order valence-corrected chi connectivity index (χ1v) is 7.29. The summed E-state index contributed by atoms with van der Waals surface area (Å²) in [5.74, 6) is -0.696. The average Bonchev–Trinajstić information content (AvgIpc) is 3.09. The molecule has 0 saturated heterocycles. The minimum absolute atomic E-state index is 0.275. The van der Waals surface area contributed by atoms with Crippen LogP contribution >= 0.6 is 0 Å². The molecule has 0 atom stereocenters. The Labute approximate surface area is 107 Å². The number of sulfonamides is 1. The summed E-state index contributed by atoms with van der Waals surface area (Å²) >= 11 is 0. The van der Waals surface area contributed by atoms with Gasteiger partial charge in [0, 0.05) is 26.7 Å². The van der Waals surface area contributed by atoms with Crippen LogP contribution in [0.25, 0.3) is 0 Å². The molecule has 0 aromatic heterocycles. The highest BCUT2D eigenvalue weighted by molar-refractivity contribution is 7.89. The van der Waals surface area contributed by atoms with Crippen LogP contribution < -0.4 is 5.32 Å². The molecular weight excluding hydrogens is 255 g/mol. The van der Waals surface area contributed by atoms with Gasteiger partial charge in [0.25, 0.3) is 0 Å². The summed E-state index contributed by atoms with van der Waals surface area (Å²) in [5, 5.41) is 3.25. The van der Waals surface area contributed by atoms with Gasteiger partial charge in [0.05, 0.1) is 0 Å². The number of benzene rings is 1. The second-order valence-corrected chi connectivity index (χ2v) is 6.83. The lowest BCUT2D eigenvalue weighted by Crippen LogP contribution is -2.23. The Hall–Kier alpha value is -0.980. The molecule has 2 rings (SSSR count). The van der Waals surface area contributed by atoms with E-state index in [-0.39, 0.29) is 4.90 Å². The molecular formula is C12H17FN2O2S. The molecule has 1 aromatic carbocycles. The molecule has 0 heterocycles. The van der Waals surface area contributed by atoms with Gasteiger partial charge in [-0.3, -0.25) is 0 Å². The van der Waals surface area contributed by atoms with Crippen LogP contribution in [-0.4, -0.2) is 32.9 Å². The van der Waals surface area contributed by atoms with Crippen LogP contribution in [0.4, 0.5) is 4.39 Å². The first-order valence-electron chi connectivity index (χ1n) is 5.85. The molecule has 0 aliphatic heterocycles. The molecule has 100 valence electrons. The Bertz CT molecular complexity index is 539. The Kier molecular flexibility index (Phi) is 3.70. The molecule has 1 aliphatic rings. The molecule has 1 N–H and O–H groups in total. The monoisotopic (exact) mass is 272 g/mol. The molecule has 0 bridgehead atoms. The molecule has 18 heavy (non-hydrogen) atoms. The van der Waals surface area contributed by atoms with Crippen molar-refractivity contribution < 1.29 is 12.8 Å². The van der Waals surface area contributed by atoms with E-state index in [1.165, 1.54) is 26.2 Å². The van der Waals surface area contributed by atoms with Gasteiger partial charge in [-0.05, 0) is 30.5 Å². The second-order valence-electron chi connectivity index (χ2n) is 4.71. The van der Waals surface area contributed by atoms with Crippen LogP contribution in [0.1, 0.15) is 18.4 Å². The highest BCUT2D eigenvalue weighted by atomic mass is 32.2. The summed E-state index contributed by atoms with van der Waals surface area (Å²) in [6.45, 7) is 0.573. The van der Waals surface area contributed by atoms with E-state index >= 15 is 0 Å². The van der Waals surface area contributed by atoms with Crippen molar-refractivity contribution >= 4 is 10.0 Å². The van der Waals surface area contributed by atoms with E-state index in [0.29, 0.717) is 12.6 Å². The third kappa shape index (κ3) is 2.88. The summed E-state index contributed by atoms with van der Waals surface area (Å²) in [5.41, 5.74) is 0.761. The zero-order valence-corrected chi connectivity index (χ0v) is 11.3. The molecule has 0 amide bonds. The van der Waals surface area contributed by atoms with E-state index in [0.717, 1.165) is 22.7 Å². The molecule has 6 heteroatoms. The fourth-order valence-electron chi connectivity index (χ4n) is 1.61. The lowest BCUT2D eigenvalue weighted by Gasteiger charge is -2.12. The summed E-state index contributed by atoms with van der Waals surface area (Å²) in [7, 11) is -0.933. The van der Waals surface area contributed by atoms with E-state index in [1.807, 2.05) is 0 Å². The maximum Gasteiger partial charge on any atom is 0.245 e. The Balaban J connectivity index is 2.18. The van der Waals surface area contributed by atoms with Crippen LogP contribution in [-0.2, 0) is 16.6 Å². The molecule has 0 spiro atoms. The Morgan fingerprint density at radius 1 is 1.39 bits per heavy atom. The number of rotatable bonds is 5. The summed E-state index contributed by atoms with van der Waals surface area (Å²) in [6.07, 6.45) is 2.32. The fraction of sp³-hybridized carbons (Fsp3) is 0.500. The largest absolute Gasteiger partial charge is 0.310 e. The summed E-state index contributed by atoms with van der Waals surface area (Å²) in [4.78, 5) is -0.275. The fourth-order valence-corrected chi connectivity index (χ4v) is 2.55. The van der Waals surface area contributed by atoms with Gasteiger partial charge in [-0.25, -0.2) is 17.1 Å². The van der Waals surface area contributed by atoms with E-state index in [1.54, 1.807) is 6.07 Å². The quantitative estimate of drug-likeness (QED) is 0.879. The van der Waals surface area contributed by atoms with E-state index in [4.69, 9.17) is 0 Å². The lowest BCUT2D eigenvalue weighted by molar-refractivity contribution is 0.507. The van der Waals surface area contributed by atoms with Crippen molar-refractivity contribution in [2.75, 3.05) is 14.1 Å². The van der Waals surface area contributed by atoms with E-state index in [2.05, 4.69) is 5.32 Å². The maximum atomic E-state index is 13.8. The molecule has 1 saturated carbocycles. The minimum Gasteiger partial charge on any atom is -0.310 e. The Morgan fingerprint density at radius 3 is 2.56 bits per heavy atom. The van der Waals surface area contributed by atoms with Crippen molar-refractivity contribution in [3.8, 4) is 0 Å². The van der Waals surface area contributed by atoms with Gasteiger partial charge in [0.2, 0.25) is 10.0 Å². The highest BCUT2D eigenvalue weighted by Gasteiger charge is 2.23. The number of nitrogens with one attached hydrogen (secondary N) is 1. The molecule has 0 radical (unpaired) electrons. The summed E-state index contributed by atoms with van der Waals surface area (Å²) < 4.78 is 38.4. The smallest absolute Gasteiger partial charge is 0.245 e. The van der Waals surface area contributed by atoms with Crippen molar-refractivity contribution in [2.45, 2.75) is 30.3 Å². The number of nitrogens with zero attached hydrogens (tertiary/aromatic N) is 1. The number of halogens is 1. The molecule has 4 nitrogen and oxygen atoms in total. The third-order valence-electron chi connectivity index (χ3n) is 2.93. The van der Waals surface area contributed by atoms with Crippen molar-refractivity contribution in [2.24, 2.45) is 0 Å². The van der Waals surface area contributed by atoms with Crippen molar-refractivity contribution in [1.29, 1.82) is 0 Å². The average molecular weight is 272 g/mol. The van der Waals surface area contributed by atoms with E-state index in [9.17, 15) is 12.8 Å². The van der Waals surface area contributed by atoms with Crippen LogP contribution in [0.5, 0.6) is 0 Å². The first kappa shape index (κ1) is 13.5. The zero-order chi connectivity index (χ0) is 13.3.